The van der Waals surface area contributed by atoms with Gasteiger partial charge in [-0.1, -0.05) is 6.42 Å². The van der Waals surface area contributed by atoms with Gasteiger partial charge in [0.15, 0.2) is 5.82 Å². The van der Waals surface area contributed by atoms with Crippen LogP contribution in [0.5, 0.6) is 5.88 Å². The predicted molar refractivity (Wildman–Crippen MR) is 122 cm³/mol. The molecule has 188 valence electrons. The highest BCUT2D eigenvalue weighted by molar-refractivity contribution is 5.75. The first kappa shape index (κ1) is 24.7. The molecule has 1 aliphatic heterocycles. The third kappa shape index (κ3) is 5.98. The number of carbonyl (C=O) groups is 1. The molecule has 0 radical (unpaired) electrons. The molecule has 12 heteroatoms. The van der Waals surface area contributed by atoms with Gasteiger partial charge in [0.1, 0.15) is 0 Å². The minimum atomic E-state index is -4.38. The number of hydrogen-bond acceptors (Lipinski definition) is 6. The average molecular weight is 492 g/mol. The number of urea groups is 1. The van der Waals surface area contributed by atoms with Crippen LogP contribution in [0.15, 0.2) is 30.7 Å². The molecule has 3 aromatic rings. The van der Waals surface area contributed by atoms with Gasteiger partial charge in [-0.25, -0.2) is 14.3 Å². The normalized spacial score (nSPS) is 20.3. The van der Waals surface area contributed by atoms with E-state index in [0.717, 1.165) is 0 Å². The van der Waals surface area contributed by atoms with E-state index in [-0.39, 0.29) is 6.42 Å². The number of alkyl halides is 3. The van der Waals surface area contributed by atoms with Gasteiger partial charge in [0.2, 0.25) is 5.65 Å². The van der Waals surface area contributed by atoms with Crippen molar-refractivity contribution in [3.8, 4) is 17.3 Å². The van der Waals surface area contributed by atoms with Gasteiger partial charge >= 0.3 is 12.2 Å². The van der Waals surface area contributed by atoms with E-state index in [1.165, 1.54) is 4.90 Å². The summed E-state index contributed by atoms with van der Waals surface area (Å²) in [5.74, 6) is 0.737. The summed E-state index contributed by atoms with van der Waals surface area (Å²) in [4.78, 5) is 27.7. The van der Waals surface area contributed by atoms with Crippen molar-refractivity contribution in [2.24, 2.45) is 0 Å². The third-order valence-electron chi connectivity index (χ3n) is 6.00. The second-order valence-corrected chi connectivity index (χ2v) is 8.53. The first-order valence-electron chi connectivity index (χ1n) is 11.7. The van der Waals surface area contributed by atoms with Crippen molar-refractivity contribution in [1.82, 2.24) is 34.8 Å². The van der Waals surface area contributed by atoms with Crippen LogP contribution in [0.3, 0.4) is 0 Å². The fraction of sp³-hybridized carbons (Fsp3) is 0.522. The summed E-state index contributed by atoms with van der Waals surface area (Å²) >= 11 is 0. The van der Waals surface area contributed by atoms with Gasteiger partial charge < -0.3 is 15.0 Å². The van der Waals surface area contributed by atoms with Gasteiger partial charge in [-0.2, -0.15) is 18.2 Å². The zero-order chi connectivity index (χ0) is 25.0. The molecule has 9 nitrogen and oxygen atoms in total. The molecular formula is C23H28F3N7O2. The second-order valence-electron chi connectivity index (χ2n) is 8.53. The van der Waals surface area contributed by atoms with Crippen LogP contribution < -0.4 is 10.1 Å². The Morgan fingerprint density at radius 2 is 2.03 bits per heavy atom. The highest BCUT2D eigenvalue weighted by Crippen LogP contribution is 2.27. The summed E-state index contributed by atoms with van der Waals surface area (Å²) in [6.07, 6.45) is 1.44. The number of nitrogens with one attached hydrogen (secondary N) is 1. The number of halogens is 3. The lowest BCUT2D eigenvalue weighted by Crippen LogP contribution is -2.47. The number of pyridine rings is 1. The van der Waals surface area contributed by atoms with Crippen molar-refractivity contribution in [1.29, 1.82) is 0 Å². The summed E-state index contributed by atoms with van der Waals surface area (Å²) in [7, 11) is 0. The highest BCUT2D eigenvalue weighted by Gasteiger charge is 2.33. The summed E-state index contributed by atoms with van der Waals surface area (Å²) in [5, 5.41) is 7.12. The smallest absolute Gasteiger partial charge is 0.391 e. The van der Waals surface area contributed by atoms with Crippen molar-refractivity contribution < 1.29 is 22.7 Å². The molecule has 0 saturated heterocycles. The lowest BCUT2D eigenvalue weighted by atomic mass is 10.0. The van der Waals surface area contributed by atoms with E-state index in [0.29, 0.717) is 61.0 Å². The second kappa shape index (κ2) is 10.4. The molecule has 0 spiro atoms. The molecule has 0 saturated carbocycles. The average Bonchev–Trinajstić information content (AvgIpc) is 3.29. The largest absolute Gasteiger partial charge is 0.475 e. The van der Waals surface area contributed by atoms with Crippen molar-refractivity contribution in [2.45, 2.75) is 64.2 Å². The number of carbonyl (C=O) groups excluding carboxylic acids is 1. The van der Waals surface area contributed by atoms with Gasteiger partial charge in [-0.3, -0.25) is 4.98 Å². The summed E-state index contributed by atoms with van der Waals surface area (Å²) in [5.41, 5.74) is 1.71. The molecule has 0 aliphatic carbocycles. The van der Waals surface area contributed by atoms with E-state index < -0.39 is 30.7 Å². The van der Waals surface area contributed by atoms with Gasteiger partial charge in [0.25, 0.3) is 5.88 Å². The van der Waals surface area contributed by atoms with E-state index in [4.69, 9.17) is 4.74 Å². The van der Waals surface area contributed by atoms with Crippen molar-refractivity contribution in [3.05, 3.63) is 36.4 Å². The SMILES string of the molecule is CCN1C(=O)N[C@@H](CC(F)(F)F)CCCCCOc2nc(nn3ccnc23)-c2ccnc(c2)[C@H]1C. The van der Waals surface area contributed by atoms with Crippen LogP contribution in [0.25, 0.3) is 17.0 Å². The maximum atomic E-state index is 13.2. The quantitative estimate of drug-likeness (QED) is 0.565. The van der Waals surface area contributed by atoms with Crippen molar-refractivity contribution in [3.63, 3.8) is 0 Å². The van der Waals surface area contributed by atoms with Gasteiger partial charge in [-0.15, -0.1) is 5.10 Å². The van der Waals surface area contributed by atoms with E-state index in [1.807, 2.05) is 0 Å². The number of nitrogens with zero attached hydrogens (tertiary/aromatic N) is 6. The Morgan fingerprint density at radius 1 is 1.20 bits per heavy atom. The van der Waals surface area contributed by atoms with Gasteiger partial charge in [0, 0.05) is 36.7 Å². The highest BCUT2D eigenvalue weighted by atomic mass is 19.4. The monoisotopic (exact) mass is 491 g/mol. The summed E-state index contributed by atoms with van der Waals surface area (Å²) < 4.78 is 47.0. The summed E-state index contributed by atoms with van der Waals surface area (Å²) in [6.45, 7) is 4.20. The molecule has 4 bridgehead atoms. The molecule has 35 heavy (non-hydrogen) atoms. The van der Waals surface area contributed by atoms with Crippen LogP contribution >= 0.6 is 0 Å². The lowest BCUT2D eigenvalue weighted by Gasteiger charge is -2.30. The van der Waals surface area contributed by atoms with Gasteiger partial charge in [0.05, 0.1) is 24.8 Å². The minimum absolute atomic E-state index is 0.215. The molecule has 0 unspecified atom stereocenters. The number of rotatable bonds is 2. The standard InChI is InChI=1S/C23H28F3N7O2/c1-3-32-15(2)18-13-16(8-9-27-18)19-30-21(20-28-10-11-33(20)31-19)35-12-6-4-5-7-17(29-22(32)34)14-23(24,25)26/h8-11,13,15,17H,3-7,12,14H2,1-2H3,(H,29,34)/t15-,17-/m1/s1. The third-order valence-corrected chi connectivity index (χ3v) is 6.00. The Hall–Kier alpha value is -3.44. The number of hydrogen-bond donors (Lipinski definition) is 1. The fourth-order valence-electron chi connectivity index (χ4n) is 4.19. The van der Waals surface area contributed by atoms with Crippen LogP contribution in [0.2, 0.25) is 0 Å². The minimum Gasteiger partial charge on any atom is -0.475 e. The van der Waals surface area contributed by atoms with E-state index in [2.05, 4.69) is 25.4 Å². The van der Waals surface area contributed by atoms with Crippen LogP contribution in [0.1, 0.15) is 57.7 Å². The first-order chi connectivity index (χ1) is 16.7. The predicted octanol–water partition coefficient (Wildman–Crippen LogP) is 4.55. The van der Waals surface area contributed by atoms with Crippen LogP contribution in [0, 0.1) is 0 Å². The number of aromatic nitrogens is 5. The topological polar surface area (TPSA) is 97.5 Å². The Labute approximate surface area is 200 Å². The zero-order valence-corrected chi connectivity index (χ0v) is 19.6. The molecule has 1 N–H and O–H groups in total. The Kier molecular flexibility index (Phi) is 7.37. The van der Waals surface area contributed by atoms with E-state index >= 15 is 0 Å². The molecular weight excluding hydrogens is 463 g/mol. The summed E-state index contributed by atoms with van der Waals surface area (Å²) in [6, 6.07) is 1.47. The number of amides is 2. The lowest BCUT2D eigenvalue weighted by molar-refractivity contribution is -0.139. The first-order valence-corrected chi connectivity index (χ1v) is 11.7. The Bertz CT molecular complexity index is 1170. The van der Waals surface area contributed by atoms with Crippen LogP contribution in [-0.2, 0) is 0 Å². The molecule has 3 aromatic heterocycles. The Morgan fingerprint density at radius 3 is 2.80 bits per heavy atom. The molecule has 4 rings (SSSR count). The maximum absolute atomic E-state index is 13.2. The fourth-order valence-corrected chi connectivity index (χ4v) is 4.19. The molecule has 2 amide bonds. The van der Waals surface area contributed by atoms with E-state index in [9.17, 15) is 18.0 Å². The molecule has 1 aliphatic rings. The molecule has 0 aromatic carbocycles. The molecule has 0 fully saturated rings. The molecule has 4 heterocycles. The maximum Gasteiger partial charge on any atom is 0.391 e. The van der Waals surface area contributed by atoms with Crippen LogP contribution in [-0.4, -0.2) is 60.9 Å². The number of imidazole rings is 1. The van der Waals surface area contributed by atoms with E-state index in [1.54, 1.807) is 49.1 Å². The van der Waals surface area contributed by atoms with Crippen molar-refractivity contribution in [2.75, 3.05) is 13.2 Å². The Balaban J connectivity index is 1.70. The van der Waals surface area contributed by atoms with Gasteiger partial charge in [-0.05, 0) is 45.2 Å². The molecule has 2 atom stereocenters. The number of fused-ring (bicyclic) bond motifs is 7. The number of ether oxygens (including phenoxy) is 1. The zero-order valence-electron chi connectivity index (χ0n) is 19.6. The van der Waals surface area contributed by atoms with Crippen molar-refractivity contribution >= 4 is 11.7 Å². The van der Waals surface area contributed by atoms with Crippen LogP contribution in [0.4, 0.5) is 18.0 Å².